The zero-order valence-corrected chi connectivity index (χ0v) is 13.2. The number of carbonyl (C=O) groups is 2. The Balaban J connectivity index is 2.69. The zero-order valence-electron chi connectivity index (χ0n) is 13.2. The van der Waals surface area contributed by atoms with Crippen LogP contribution in [0.5, 0.6) is 5.75 Å². The fourth-order valence-electron chi connectivity index (χ4n) is 1.95. The van der Waals surface area contributed by atoms with E-state index in [1.165, 1.54) is 0 Å². The summed E-state index contributed by atoms with van der Waals surface area (Å²) in [5, 5.41) is 2.74. The summed E-state index contributed by atoms with van der Waals surface area (Å²) in [5.41, 5.74) is 0.587. The van der Waals surface area contributed by atoms with Crippen LogP contribution in [0.15, 0.2) is 24.3 Å². The zero-order chi connectivity index (χ0) is 15.8. The number of rotatable bonds is 7. The van der Waals surface area contributed by atoms with Crippen LogP contribution in [-0.2, 0) is 9.59 Å². The van der Waals surface area contributed by atoms with E-state index in [0.29, 0.717) is 24.5 Å². The van der Waals surface area contributed by atoms with Crippen molar-refractivity contribution >= 4 is 17.5 Å². The number of carbonyl (C=O) groups excluding carboxylic acids is 2. The Labute approximate surface area is 126 Å². The molecule has 1 rings (SSSR count). The van der Waals surface area contributed by atoms with Gasteiger partial charge in [-0.2, -0.15) is 0 Å². The molecule has 0 aliphatic heterocycles. The molecule has 0 bridgehead atoms. The quantitative estimate of drug-likeness (QED) is 0.786. The second kappa shape index (κ2) is 8.29. The summed E-state index contributed by atoms with van der Waals surface area (Å²) >= 11 is 0. The minimum atomic E-state index is -0.327. The van der Waals surface area contributed by atoms with E-state index >= 15 is 0 Å². The molecule has 116 valence electrons. The Kier molecular flexibility index (Phi) is 6.72. The van der Waals surface area contributed by atoms with Crippen LogP contribution < -0.4 is 10.1 Å². The molecule has 0 aliphatic rings. The number of nitrogens with one attached hydrogen (secondary N) is 1. The molecule has 2 amide bonds. The van der Waals surface area contributed by atoms with Crippen LogP contribution in [0.3, 0.4) is 0 Å². The summed E-state index contributed by atoms with van der Waals surface area (Å²) < 4.78 is 5.63. The number of hydrogen-bond acceptors (Lipinski definition) is 3. The molecule has 0 atom stereocenters. The van der Waals surface area contributed by atoms with Crippen molar-refractivity contribution in [2.45, 2.75) is 40.2 Å². The summed E-state index contributed by atoms with van der Waals surface area (Å²) in [6, 6.07) is 7.21. The van der Waals surface area contributed by atoms with Gasteiger partial charge in [-0.25, -0.2) is 0 Å². The van der Waals surface area contributed by atoms with Crippen molar-refractivity contribution < 1.29 is 14.3 Å². The summed E-state index contributed by atoms with van der Waals surface area (Å²) in [6.45, 7) is 8.84. The van der Waals surface area contributed by atoms with Crippen molar-refractivity contribution in [3.8, 4) is 5.75 Å². The fraction of sp³-hybridized carbons (Fsp3) is 0.500. The van der Waals surface area contributed by atoms with Gasteiger partial charge < -0.3 is 15.0 Å². The van der Waals surface area contributed by atoms with Crippen molar-refractivity contribution in [3.63, 3.8) is 0 Å². The number of amides is 2. The van der Waals surface area contributed by atoms with Gasteiger partial charge in [0.25, 0.3) is 0 Å². The van der Waals surface area contributed by atoms with Crippen molar-refractivity contribution in [3.05, 3.63) is 24.3 Å². The normalized spacial score (nSPS) is 10.3. The maximum atomic E-state index is 12.0. The minimum absolute atomic E-state index is 0.0142. The summed E-state index contributed by atoms with van der Waals surface area (Å²) in [5.74, 6) is 0.114. The molecule has 1 aromatic rings. The maximum absolute atomic E-state index is 12.0. The van der Waals surface area contributed by atoms with Gasteiger partial charge in [-0.1, -0.05) is 12.1 Å². The monoisotopic (exact) mass is 292 g/mol. The average molecular weight is 292 g/mol. The highest BCUT2D eigenvalue weighted by molar-refractivity contribution is 6.04. The Hall–Kier alpha value is -2.04. The van der Waals surface area contributed by atoms with E-state index in [4.69, 9.17) is 4.74 Å². The van der Waals surface area contributed by atoms with Crippen molar-refractivity contribution in [1.29, 1.82) is 0 Å². The van der Waals surface area contributed by atoms with Crippen LogP contribution in [0.2, 0.25) is 0 Å². The van der Waals surface area contributed by atoms with Gasteiger partial charge in [-0.3, -0.25) is 9.59 Å². The van der Waals surface area contributed by atoms with Crippen molar-refractivity contribution in [2.75, 3.05) is 18.4 Å². The van der Waals surface area contributed by atoms with E-state index in [9.17, 15) is 9.59 Å². The molecular formula is C16H24N2O3. The Morgan fingerprint density at radius 2 is 1.81 bits per heavy atom. The highest BCUT2D eigenvalue weighted by Crippen LogP contribution is 2.24. The van der Waals surface area contributed by atoms with Crippen molar-refractivity contribution in [2.24, 2.45) is 0 Å². The number of para-hydroxylation sites is 2. The molecule has 5 nitrogen and oxygen atoms in total. The van der Waals surface area contributed by atoms with Crippen LogP contribution in [0.4, 0.5) is 5.69 Å². The first-order chi connectivity index (χ1) is 9.97. The highest BCUT2D eigenvalue weighted by Gasteiger charge is 2.16. The van der Waals surface area contributed by atoms with E-state index < -0.39 is 0 Å². The Bertz CT molecular complexity index is 482. The molecular weight excluding hydrogens is 268 g/mol. The Morgan fingerprint density at radius 3 is 2.38 bits per heavy atom. The van der Waals surface area contributed by atoms with E-state index in [-0.39, 0.29) is 24.3 Å². The maximum Gasteiger partial charge on any atom is 0.233 e. The largest absolute Gasteiger partial charge is 0.489 e. The van der Waals surface area contributed by atoms with Crippen LogP contribution in [-0.4, -0.2) is 35.9 Å². The first-order valence-electron chi connectivity index (χ1n) is 7.31. The number of benzene rings is 1. The number of hydrogen-bond donors (Lipinski definition) is 1. The lowest BCUT2D eigenvalue weighted by Gasteiger charge is -2.19. The third kappa shape index (κ3) is 5.45. The first-order valence-corrected chi connectivity index (χ1v) is 7.31. The predicted octanol–water partition coefficient (Wildman–Crippen LogP) is 2.67. The minimum Gasteiger partial charge on any atom is -0.489 e. The van der Waals surface area contributed by atoms with Gasteiger partial charge in [0, 0.05) is 13.1 Å². The van der Waals surface area contributed by atoms with Gasteiger partial charge in [-0.05, 0) is 39.8 Å². The summed E-state index contributed by atoms with van der Waals surface area (Å²) in [7, 11) is 0. The summed E-state index contributed by atoms with van der Waals surface area (Å²) in [6.07, 6.45) is -0.141. The molecule has 0 spiro atoms. The van der Waals surface area contributed by atoms with Crippen LogP contribution in [0.25, 0.3) is 0 Å². The van der Waals surface area contributed by atoms with Gasteiger partial charge >= 0.3 is 0 Å². The lowest BCUT2D eigenvalue weighted by atomic mass is 10.2. The smallest absolute Gasteiger partial charge is 0.233 e. The second-order valence-electron chi connectivity index (χ2n) is 4.95. The van der Waals surface area contributed by atoms with Crippen LogP contribution in [0.1, 0.15) is 34.1 Å². The molecule has 21 heavy (non-hydrogen) atoms. The fourth-order valence-corrected chi connectivity index (χ4v) is 1.95. The Morgan fingerprint density at radius 1 is 1.19 bits per heavy atom. The average Bonchev–Trinajstić information content (AvgIpc) is 2.41. The number of nitrogens with zero attached hydrogens (tertiary/aromatic N) is 1. The predicted molar refractivity (Wildman–Crippen MR) is 83.4 cm³/mol. The molecule has 1 N–H and O–H groups in total. The van der Waals surface area contributed by atoms with Crippen LogP contribution >= 0.6 is 0 Å². The topological polar surface area (TPSA) is 58.6 Å². The van der Waals surface area contributed by atoms with E-state index in [0.717, 1.165) is 0 Å². The molecule has 1 aromatic carbocycles. The van der Waals surface area contributed by atoms with Crippen LogP contribution in [0, 0.1) is 0 Å². The van der Waals surface area contributed by atoms with Gasteiger partial charge in [0.1, 0.15) is 12.2 Å². The van der Waals surface area contributed by atoms with Gasteiger partial charge in [0.2, 0.25) is 11.8 Å². The van der Waals surface area contributed by atoms with Crippen molar-refractivity contribution in [1.82, 2.24) is 4.90 Å². The molecule has 0 aromatic heterocycles. The molecule has 0 fully saturated rings. The lowest BCUT2D eigenvalue weighted by molar-refractivity contribution is -0.134. The SMILES string of the molecule is CCN(CC)C(=O)CC(=O)Nc1ccccc1OC(C)C. The molecule has 0 saturated carbocycles. The molecule has 0 heterocycles. The lowest BCUT2D eigenvalue weighted by Crippen LogP contribution is -2.33. The van der Waals surface area contributed by atoms with Gasteiger partial charge in [0.05, 0.1) is 11.8 Å². The third-order valence-electron chi connectivity index (χ3n) is 2.95. The summed E-state index contributed by atoms with van der Waals surface area (Å²) in [4.78, 5) is 25.5. The molecule has 0 radical (unpaired) electrons. The molecule has 0 unspecified atom stereocenters. The molecule has 0 aliphatic carbocycles. The van der Waals surface area contributed by atoms with Gasteiger partial charge in [0.15, 0.2) is 0 Å². The van der Waals surface area contributed by atoms with Gasteiger partial charge in [-0.15, -0.1) is 0 Å². The third-order valence-corrected chi connectivity index (χ3v) is 2.95. The van der Waals surface area contributed by atoms with E-state index in [1.54, 1.807) is 17.0 Å². The number of anilines is 1. The van der Waals surface area contributed by atoms with E-state index in [2.05, 4.69) is 5.32 Å². The highest BCUT2D eigenvalue weighted by atomic mass is 16.5. The first kappa shape index (κ1) is 17.0. The standard InChI is InChI=1S/C16H24N2O3/c1-5-18(6-2)16(20)11-15(19)17-13-9-7-8-10-14(13)21-12(3)4/h7-10,12H,5-6,11H2,1-4H3,(H,17,19). The second-order valence-corrected chi connectivity index (χ2v) is 4.95. The molecule has 0 saturated heterocycles. The molecule has 5 heteroatoms. The number of ether oxygens (including phenoxy) is 1. The van der Waals surface area contributed by atoms with E-state index in [1.807, 2.05) is 39.8 Å².